The summed E-state index contributed by atoms with van der Waals surface area (Å²) < 4.78 is 3.59. The van der Waals surface area contributed by atoms with Crippen LogP contribution in [-0.2, 0) is 7.05 Å². The predicted molar refractivity (Wildman–Crippen MR) is 88.1 cm³/mol. The van der Waals surface area contributed by atoms with Crippen molar-refractivity contribution in [1.29, 1.82) is 5.26 Å². The zero-order chi connectivity index (χ0) is 16.7. The molecule has 0 radical (unpaired) electrons. The third-order valence-electron chi connectivity index (χ3n) is 4.19. The molecule has 1 saturated heterocycles. The van der Waals surface area contributed by atoms with E-state index in [0.717, 1.165) is 37.6 Å². The van der Waals surface area contributed by atoms with Crippen LogP contribution in [0.3, 0.4) is 0 Å². The van der Waals surface area contributed by atoms with E-state index >= 15 is 0 Å². The van der Waals surface area contributed by atoms with E-state index in [-0.39, 0.29) is 5.15 Å². The molecule has 0 aromatic carbocycles. The molecule has 0 aliphatic carbocycles. The van der Waals surface area contributed by atoms with Crippen molar-refractivity contribution < 1.29 is 0 Å². The third kappa shape index (κ3) is 2.23. The number of imidazole rings is 1. The van der Waals surface area contributed by atoms with Gasteiger partial charge >= 0.3 is 0 Å². The van der Waals surface area contributed by atoms with E-state index in [4.69, 9.17) is 16.9 Å². The lowest BCUT2D eigenvalue weighted by Crippen LogP contribution is -2.47. The molecule has 1 aliphatic rings. The van der Waals surface area contributed by atoms with Crippen molar-refractivity contribution in [3.8, 4) is 6.07 Å². The van der Waals surface area contributed by atoms with Crippen molar-refractivity contribution in [2.75, 3.05) is 36.0 Å². The molecular formula is C14H14ClN9. The van der Waals surface area contributed by atoms with Crippen molar-refractivity contribution in [1.82, 2.24) is 29.1 Å². The minimum absolute atomic E-state index is 0.243. The molecule has 3 aromatic rings. The molecule has 122 valence electrons. The summed E-state index contributed by atoms with van der Waals surface area (Å²) in [7, 11) is 1.80. The van der Waals surface area contributed by atoms with E-state index < -0.39 is 0 Å². The number of aromatic nitrogens is 6. The quantitative estimate of drug-likeness (QED) is 0.676. The largest absolute Gasteiger partial charge is 0.350 e. The van der Waals surface area contributed by atoms with Gasteiger partial charge in [0.05, 0.1) is 0 Å². The Bertz CT molecular complexity index is 930. The van der Waals surface area contributed by atoms with Gasteiger partial charge in [0.25, 0.3) is 0 Å². The first-order valence-corrected chi connectivity index (χ1v) is 7.83. The number of hydrogen-bond donors (Lipinski definition) is 0. The van der Waals surface area contributed by atoms with Crippen LogP contribution in [-0.4, -0.2) is 55.3 Å². The van der Waals surface area contributed by atoms with Gasteiger partial charge in [-0.25, -0.2) is 4.98 Å². The second-order valence-electron chi connectivity index (χ2n) is 5.51. The van der Waals surface area contributed by atoms with E-state index in [1.807, 2.05) is 10.6 Å². The Morgan fingerprint density at radius 2 is 1.96 bits per heavy atom. The first kappa shape index (κ1) is 14.7. The van der Waals surface area contributed by atoms with Crippen LogP contribution in [0.2, 0.25) is 5.15 Å². The number of halogens is 1. The number of anilines is 2. The van der Waals surface area contributed by atoms with Gasteiger partial charge in [-0.3, -0.25) is 4.40 Å². The van der Waals surface area contributed by atoms with Gasteiger partial charge in [-0.15, -0.1) is 10.2 Å². The maximum absolute atomic E-state index is 9.14. The molecule has 4 rings (SSSR count). The molecule has 0 saturated carbocycles. The van der Waals surface area contributed by atoms with Crippen molar-refractivity contribution in [3.05, 3.63) is 29.6 Å². The van der Waals surface area contributed by atoms with Crippen molar-refractivity contribution in [3.63, 3.8) is 0 Å². The van der Waals surface area contributed by atoms with E-state index in [2.05, 4.69) is 36.0 Å². The fraction of sp³-hybridized carbons (Fsp3) is 0.357. The second kappa shape index (κ2) is 5.65. The molecule has 4 heterocycles. The zero-order valence-corrected chi connectivity index (χ0v) is 13.7. The summed E-state index contributed by atoms with van der Waals surface area (Å²) in [5, 5.41) is 17.4. The number of nitriles is 1. The van der Waals surface area contributed by atoms with Gasteiger partial charge in [0.1, 0.15) is 12.4 Å². The van der Waals surface area contributed by atoms with E-state index in [9.17, 15) is 0 Å². The summed E-state index contributed by atoms with van der Waals surface area (Å²) in [5.74, 6) is 1.54. The normalized spacial score (nSPS) is 15.0. The summed E-state index contributed by atoms with van der Waals surface area (Å²) in [4.78, 5) is 13.1. The molecule has 0 bridgehead atoms. The number of fused-ring (bicyclic) bond motifs is 1. The lowest BCUT2D eigenvalue weighted by Gasteiger charge is -2.35. The zero-order valence-electron chi connectivity index (χ0n) is 13.0. The number of nitrogens with zero attached hydrogens (tertiary/aromatic N) is 9. The highest BCUT2D eigenvalue weighted by Gasteiger charge is 2.24. The number of rotatable bonds is 2. The van der Waals surface area contributed by atoms with Crippen LogP contribution < -0.4 is 9.80 Å². The van der Waals surface area contributed by atoms with Crippen molar-refractivity contribution in [2.24, 2.45) is 7.05 Å². The Balaban J connectivity index is 1.55. The highest BCUT2D eigenvalue weighted by Crippen LogP contribution is 2.24. The van der Waals surface area contributed by atoms with Gasteiger partial charge in [0.15, 0.2) is 16.7 Å². The van der Waals surface area contributed by atoms with Crippen LogP contribution in [0.25, 0.3) is 5.65 Å². The fourth-order valence-corrected chi connectivity index (χ4v) is 3.19. The minimum Gasteiger partial charge on any atom is -0.350 e. The molecule has 9 nitrogen and oxygen atoms in total. The molecule has 0 atom stereocenters. The third-order valence-corrected chi connectivity index (χ3v) is 4.46. The fourth-order valence-electron chi connectivity index (χ4n) is 2.94. The van der Waals surface area contributed by atoms with Crippen LogP contribution in [0.5, 0.6) is 0 Å². The molecule has 0 unspecified atom stereocenters. The second-order valence-corrected chi connectivity index (χ2v) is 5.87. The Morgan fingerprint density at radius 1 is 1.21 bits per heavy atom. The van der Waals surface area contributed by atoms with Gasteiger partial charge in [-0.1, -0.05) is 11.6 Å². The van der Waals surface area contributed by atoms with Crippen LogP contribution in [0.15, 0.2) is 18.7 Å². The van der Waals surface area contributed by atoms with Gasteiger partial charge in [0, 0.05) is 45.6 Å². The standard InChI is InChI=1S/C14H14ClN9/c1-21-10(8-16)11(15)19-14(21)23-6-4-22(5-7-23)12-13-20-18-9-24(13)3-2-17-12/h2-3,9H,4-7H2,1H3. The molecule has 0 N–H and O–H groups in total. The average Bonchev–Trinajstić information content (AvgIpc) is 3.19. The number of piperazine rings is 1. The SMILES string of the molecule is Cn1c(N2CCN(c3nccn4cnnc34)CC2)nc(Cl)c1C#N. The van der Waals surface area contributed by atoms with Gasteiger partial charge < -0.3 is 14.4 Å². The van der Waals surface area contributed by atoms with Crippen LogP contribution in [0.1, 0.15) is 5.69 Å². The maximum Gasteiger partial charge on any atom is 0.207 e. The summed E-state index contributed by atoms with van der Waals surface area (Å²) >= 11 is 6.03. The van der Waals surface area contributed by atoms with Gasteiger partial charge in [0.2, 0.25) is 11.6 Å². The highest BCUT2D eigenvalue weighted by atomic mass is 35.5. The van der Waals surface area contributed by atoms with Crippen LogP contribution in [0.4, 0.5) is 11.8 Å². The Labute approximate surface area is 142 Å². The molecule has 10 heteroatoms. The first-order chi connectivity index (χ1) is 11.7. The predicted octanol–water partition coefficient (Wildman–Crippen LogP) is 0.709. The van der Waals surface area contributed by atoms with Crippen molar-refractivity contribution >= 4 is 29.0 Å². The number of hydrogen-bond acceptors (Lipinski definition) is 7. The van der Waals surface area contributed by atoms with Crippen molar-refractivity contribution in [2.45, 2.75) is 0 Å². The minimum atomic E-state index is 0.243. The average molecular weight is 344 g/mol. The molecule has 0 amide bonds. The molecule has 1 aliphatic heterocycles. The topological polar surface area (TPSA) is 91.2 Å². The maximum atomic E-state index is 9.14. The van der Waals surface area contributed by atoms with E-state index in [0.29, 0.717) is 11.6 Å². The molecular weight excluding hydrogens is 330 g/mol. The smallest absolute Gasteiger partial charge is 0.207 e. The first-order valence-electron chi connectivity index (χ1n) is 7.45. The van der Waals surface area contributed by atoms with Gasteiger partial charge in [-0.2, -0.15) is 10.2 Å². The molecule has 24 heavy (non-hydrogen) atoms. The lowest BCUT2D eigenvalue weighted by atomic mass is 10.3. The van der Waals surface area contributed by atoms with Gasteiger partial charge in [-0.05, 0) is 0 Å². The lowest BCUT2D eigenvalue weighted by molar-refractivity contribution is 0.625. The highest BCUT2D eigenvalue weighted by molar-refractivity contribution is 6.30. The monoisotopic (exact) mass is 343 g/mol. The summed E-state index contributed by atoms with van der Waals surface area (Å²) in [5.41, 5.74) is 1.13. The molecule has 3 aromatic heterocycles. The summed E-state index contributed by atoms with van der Waals surface area (Å²) in [6.45, 7) is 3.05. The van der Waals surface area contributed by atoms with E-state index in [1.54, 1.807) is 24.1 Å². The Hall–Kier alpha value is -2.86. The van der Waals surface area contributed by atoms with E-state index in [1.165, 1.54) is 0 Å². The Morgan fingerprint density at radius 3 is 2.67 bits per heavy atom. The molecule has 1 fully saturated rings. The molecule has 0 spiro atoms. The summed E-state index contributed by atoms with van der Waals surface area (Å²) in [6.07, 6.45) is 5.24. The van der Waals surface area contributed by atoms with Crippen LogP contribution >= 0.6 is 11.6 Å². The van der Waals surface area contributed by atoms with Crippen LogP contribution in [0, 0.1) is 11.3 Å². The Kier molecular flexibility index (Phi) is 3.46. The summed E-state index contributed by atoms with van der Waals surface area (Å²) in [6, 6.07) is 2.08.